The molecule has 2 heterocycles. The summed E-state index contributed by atoms with van der Waals surface area (Å²) < 4.78 is 10.7. The Labute approximate surface area is 187 Å². The lowest BCUT2D eigenvalue weighted by Gasteiger charge is -2.10. The van der Waals surface area contributed by atoms with E-state index in [9.17, 15) is 9.59 Å². The summed E-state index contributed by atoms with van der Waals surface area (Å²) in [6.45, 7) is 7.33. The molecule has 166 valence electrons. The molecule has 4 rings (SSSR count). The van der Waals surface area contributed by atoms with Gasteiger partial charge < -0.3 is 9.30 Å². The third kappa shape index (κ3) is 3.88. The Kier molecular flexibility index (Phi) is 6.04. The minimum absolute atomic E-state index is 0.0368. The Morgan fingerprint density at radius 3 is 2.22 bits per heavy atom. The van der Waals surface area contributed by atoms with Gasteiger partial charge in [0, 0.05) is 30.0 Å². The number of benzene rings is 2. The van der Waals surface area contributed by atoms with Crippen molar-refractivity contribution in [2.24, 2.45) is 0 Å². The number of ketones is 1. The van der Waals surface area contributed by atoms with Crippen molar-refractivity contribution in [1.29, 1.82) is 0 Å². The normalized spacial score (nSPS) is 11.2. The van der Waals surface area contributed by atoms with Gasteiger partial charge in [-0.15, -0.1) is 0 Å². The smallest absolute Gasteiger partial charge is 0.329 e. The van der Waals surface area contributed by atoms with Gasteiger partial charge in [-0.3, -0.25) is 13.9 Å². The number of nitrogens with zero attached hydrogens (tertiary/aromatic N) is 3. The molecule has 0 aliphatic rings. The van der Waals surface area contributed by atoms with Crippen LogP contribution in [-0.4, -0.2) is 26.6 Å². The van der Waals surface area contributed by atoms with Gasteiger partial charge in [0.1, 0.15) is 5.75 Å². The highest BCUT2D eigenvalue weighted by atomic mass is 16.5. The fraction of sp³-hybridized carbons (Fsp3) is 0.308. The van der Waals surface area contributed by atoms with Crippen LogP contribution in [0.4, 0.5) is 0 Å². The third-order valence-electron chi connectivity index (χ3n) is 6.20. The molecule has 0 N–H and O–H groups in total. The highest BCUT2D eigenvalue weighted by Crippen LogP contribution is 2.20. The van der Waals surface area contributed by atoms with E-state index in [0.29, 0.717) is 12.1 Å². The maximum Gasteiger partial charge on any atom is 0.329 e. The quantitative estimate of drug-likeness (QED) is 0.389. The zero-order valence-corrected chi connectivity index (χ0v) is 19.1. The van der Waals surface area contributed by atoms with Crippen LogP contribution < -0.4 is 10.4 Å². The van der Waals surface area contributed by atoms with Crippen LogP contribution in [0.5, 0.6) is 5.75 Å². The first-order chi connectivity index (χ1) is 15.4. The van der Waals surface area contributed by atoms with Crippen LogP contribution >= 0.6 is 0 Å². The van der Waals surface area contributed by atoms with Crippen LogP contribution in [0.2, 0.25) is 0 Å². The van der Waals surface area contributed by atoms with E-state index in [1.54, 1.807) is 16.2 Å². The average Bonchev–Trinajstić information content (AvgIpc) is 3.25. The summed E-state index contributed by atoms with van der Waals surface area (Å²) in [6, 6.07) is 17.6. The standard InChI is InChI=1S/C26H29N3O3/c1-5-27-23-8-6-7-9-24(23)29(26(27)31)17-25(30)22-16-18(2)28(19(22)3)15-14-20-10-12-21(32-4)13-11-20/h6-13,16H,5,14-15,17H2,1-4H3. The SMILES string of the molecule is CCn1c(=O)n(CC(=O)c2cc(C)n(CCc3ccc(OC)cc3)c2C)c2ccccc21. The Bertz CT molecular complexity index is 1320. The van der Waals surface area contributed by atoms with Crippen LogP contribution in [0.1, 0.15) is 34.2 Å². The van der Waals surface area contributed by atoms with Crippen molar-refractivity contribution in [1.82, 2.24) is 13.7 Å². The largest absolute Gasteiger partial charge is 0.497 e. The minimum atomic E-state index is -0.143. The maximum absolute atomic E-state index is 13.2. The van der Waals surface area contributed by atoms with E-state index in [1.807, 2.05) is 63.2 Å². The molecule has 2 aromatic heterocycles. The number of para-hydroxylation sites is 2. The first-order valence-electron chi connectivity index (χ1n) is 11.0. The molecular formula is C26H29N3O3. The van der Waals surface area contributed by atoms with Gasteiger partial charge in [0.2, 0.25) is 0 Å². The predicted octanol–water partition coefficient (Wildman–Crippen LogP) is 4.38. The summed E-state index contributed by atoms with van der Waals surface area (Å²) in [5.74, 6) is 0.796. The Hall–Kier alpha value is -3.54. The Morgan fingerprint density at radius 1 is 0.938 bits per heavy atom. The van der Waals surface area contributed by atoms with Gasteiger partial charge in [-0.1, -0.05) is 24.3 Å². The third-order valence-corrected chi connectivity index (χ3v) is 6.20. The molecule has 0 fully saturated rings. The van der Waals surface area contributed by atoms with Crippen LogP contribution in [-0.2, 0) is 26.1 Å². The molecule has 6 heteroatoms. The summed E-state index contributed by atoms with van der Waals surface area (Å²) in [5, 5.41) is 0. The highest BCUT2D eigenvalue weighted by Gasteiger charge is 2.19. The molecule has 0 amide bonds. The molecule has 4 aromatic rings. The summed E-state index contributed by atoms with van der Waals surface area (Å²) in [6.07, 6.45) is 0.859. The number of ether oxygens (including phenoxy) is 1. The molecule has 0 aliphatic heterocycles. The van der Waals surface area contributed by atoms with Gasteiger partial charge in [0.05, 0.1) is 24.7 Å². The number of hydrogen-bond acceptors (Lipinski definition) is 3. The molecule has 32 heavy (non-hydrogen) atoms. The summed E-state index contributed by atoms with van der Waals surface area (Å²) >= 11 is 0. The van der Waals surface area contributed by atoms with Crippen molar-refractivity contribution in [2.75, 3.05) is 7.11 Å². The Morgan fingerprint density at radius 2 is 1.59 bits per heavy atom. The van der Waals surface area contributed by atoms with Crippen LogP contribution in [0.25, 0.3) is 11.0 Å². The lowest BCUT2D eigenvalue weighted by atomic mass is 10.1. The van der Waals surface area contributed by atoms with Gasteiger partial charge in [0.25, 0.3) is 0 Å². The van der Waals surface area contributed by atoms with E-state index in [-0.39, 0.29) is 18.0 Å². The van der Waals surface area contributed by atoms with E-state index in [1.165, 1.54) is 5.56 Å². The number of aromatic nitrogens is 3. The second-order valence-electron chi connectivity index (χ2n) is 8.06. The molecule has 0 aliphatic carbocycles. The molecule has 0 bridgehead atoms. The second kappa shape index (κ2) is 8.91. The highest BCUT2D eigenvalue weighted by molar-refractivity contribution is 5.98. The zero-order chi connectivity index (χ0) is 22.8. The van der Waals surface area contributed by atoms with Crippen LogP contribution in [0.3, 0.4) is 0 Å². The summed E-state index contributed by atoms with van der Waals surface area (Å²) in [4.78, 5) is 26.2. The molecule has 0 saturated carbocycles. The monoisotopic (exact) mass is 431 g/mol. The molecule has 0 radical (unpaired) electrons. The maximum atomic E-state index is 13.2. The van der Waals surface area contributed by atoms with Gasteiger partial charge in [-0.05, 0) is 63.1 Å². The van der Waals surface area contributed by atoms with Gasteiger partial charge in [-0.25, -0.2) is 4.79 Å². The average molecular weight is 432 g/mol. The number of Topliss-reactive ketones (excluding diaryl/α,β-unsaturated/α-hetero) is 1. The molecular weight excluding hydrogens is 402 g/mol. The molecule has 0 spiro atoms. The first kappa shape index (κ1) is 21.7. The van der Waals surface area contributed by atoms with Gasteiger partial charge >= 0.3 is 5.69 Å². The first-order valence-corrected chi connectivity index (χ1v) is 11.0. The van der Waals surface area contributed by atoms with Crippen LogP contribution in [0.15, 0.2) is 59.4 Å². The van der Waals surface area contributed by atoms with Crippen molar-refractivity contribution in [2.45, 2.75) is 46.8 Å². The molecule has 0 atom stereocenters. The molecule has 6 nitrogen and oxygen atoms in total. The van der Waals surface area contributed by atoms with Gasteiger partial charge in [0.15, 0.2) is 5.78 Å². The summed E-state index contributed by atoms with van der Waals surface area (Å²) in [5.41, 5.74) is 5.38. The number of fused-ring (bicyclic) bond motifs is 1. The van der Waals surface area contributed by atoms with Crippen molar-refractivity contribution in [3.8, 4) is 5.75 Å². The van der Waals surface area contributed by atoms with E-state index >= 15 is 0 Å². The van der Waals surface area contributed by atoms with Crippen molar-refractivity contribution in [3.63, 3.8) is 0 Å². The van der Waals surface area contributed by atoms with E-state index in [4.69, 9.17) is 4.74 Å². The Balaban J connectivity index is 1.57. The van der Waals surface area contributed by atoms with E-state index in [2.05, 4.69) is 16.7 Å². The topological polar surface area (TPSA) is 58.2 Å². The number of methoxy groups -OCH3 is 1. The second-order valence-corrected chi connectivity index (χ2v) is 8.06. The van der Waals surface area contributed by atoms with Crippen molar-refractivity contribution >= 4 is 16.8 Å². The lowest BCUT2D eigenvalue weighted by molar-refractivity contribution is 0.0971. The molecule has 0 saturated heterocycles. The van der Waals surface area contributed by atoms with Crippen molar-refractivity contribution < 1.29 is 9.53 Å². The number of rotatable bonds is 8. The zero-order valence-electron chi connectivity index (χ0n) is 19.1. The fourth-order valence-electron chi connectivity index (χ4n) is 4.42. The number of carbonyl (C=O) groups excluding carboxylic acids is 1. The lowest BCUT2D eigenvalue weighted by Crippen LogP contribution is -2.26. The number of imidazole rings is 1. The number of carbonyl (C=O) groups is 1. The fourth-order valence-corrected chi connectivity index (χ4v) is 4.42. The number of aryl methyl sites for hydroxylation is 3. The predicted molar refractivity (Wildman–Crippen MR) is 127 cm³/mol. The number of hydrogen-bond donors (Lipinski definition) is 0. The van der Waals surface area contributed by atoms with E-state index < -0.39 is 0 Å². The minimum Gasteiger partial charge on any atom is -0.497 e. The van der Waals surface area contributed by atoms with Crippen LogP contribution in [0, 0.1) is 13.8 Å². The molecule has 0 unspecified atom stereocenters. The van der Waals surface area contributed by atoms with Crippen molar-refractivity contribution in [3.05, 3.63) is 87.6 Å². The van der Waals surface area contributed by atoms with E-state index in [0.717, 1.165) is 41.1 Å². The van der Waals surface area contributed by atoms with Gasteiger partial charge in [-0.2, -0.15) is 0 Å². The molecule has 2 aromatic carbocycles. The summed E-state index contributed by atoms with van der Waals surface area (Å²) in [7, 11) is 1.66.